The van der Waals surface area contributed by atoms with E-state index in [9.17, 15) is 0 Å². The van der Waals surface area contributed by atoms with Crippen LogP contribution in [0.3, 0.4) is 0 Å². The second-order valence-electron chi connectivity index (χ2n) is 10.4. The minimum absolute atomic E-state index is 0.712. The summed E-state index contributed by atoms with van der Waals surface area (Å²) >= 11 is 0. The Morgan fingerprint density at radius 2 is 1.22 bits per heavy atom. The van der Waals surface area contributed by atoms with Crippen LogP contribution in [0.2, 0.25) is 0 Å². The quantitative estimate of drug-likeness (QED) is 0.243. The average molecular weight is 461 g/mol. The van der Waals surface area contributed by atoms with Crippen molar-refractivity contribution in [1.82, 2.24) is 0 Å². The molecule has 2 fully saturated rings. The first kappa shape index (κ1) is 25.9. The first-order valence-corrected chi connectivity index (χ1v) is 15.1. The van der Waals surface area contributed by atoms with Gasteiger partial charge in [-0.2, -0.15) is 0 Å². The molecule has 32 heavy (non-hydrogen) atoms. The van der Waals surface area contributed by atoms with E-state index in [1.165, 1.54) is 95.5 Å². The summed E-state index contributed by atoms with van der Waals surface area (Å²) in [5.41, 5.74) is 1.48. The van der Waals surface area contributed by atoms with Crippen LogP contribution in [0.25, 0.3) is 0 Å². The lowest BCUT2D eigenvalue weighted by Crippen LogP contribution is -2.54. The topological polar surface area (TPSA) is 27.7 Å². The molecule has 0 unspecified atom stereocenters. The highest BCUT2D eigenvalue weighted by molar-refractivity contribution is 6.75. The number of hydrogen-bond acceptors (Lipinski definition) is 3. The van der Waals surface area contributed by atoms with Crippen LogP contribution >= 0.6 is 0 Å². The van der Waals surface area contributed by atoms with Crippen LogP contribution in [-0.2, 0) is 13.3 Å². The molecule has 0 spiro atoms. The van der Waals surface area contributed by atoms with Gasteiger partial charge in [0.1, 0.15) is 0 Å². The van der Waals surface area contributed by atoms with Crippen LogP contribution in [0.5, 0.6) is 0 Å². The zero-order valence-corrected chi connectivity index (χ0v) is 22.2. The van der Waals surface area contributed by atoms with E-state index in [4.69, 9.17) is 13.3 Å². The third kappa shape index (κ3) is 6.68. The summed E-state index contributed by atoms with van der Waals surface area (Å²) in [7, 11) is 2.31. The van der Waals surface area contributed by atoms with E-state index < -0.39 is 8.80 Å². The first-order chi connectivity index (χ1) is 15.7. The van der Waals surface area contributed by atoms with Crippen molar-refractivity contribution in [2.75, 3.05) is 21.3 Å². The molecule has 2 aliphatic rings. The van der Waals surface area contributed by atoms with Crippen LogP contribution in [0, 0.1) is 17.8 Å². The van der Waals surface area contributed by atoms with E-state index in [0.29, 0.717) is 5.92 Å². The van der Waals surface area contributed by atoms with Crippen LogP contribution in [0.1, 0.15) is 108 Å². The minimum Gasteiger partial charge on any atom is -0.373 e. The molecule has 3 nitrogen and oxygen atoms in total. The highest BCUT2D eigenvalue weighted by Crippen LogP contribution is 2.44. The third-order valence-corrected chi connectivity index (χ3v) is 11.2. The Bertz CT molecular complexity index is 618. The van der Waals surface area contributed by atoms with E-state index in [0.717, 1.165) is 22.9 Å². The molecular weight excluding hydrogens is 412 g/mol. The SMILES string of the molecule is CCCCCCCC1CCC(C2CCC(c3ccc([Si](OC)(OC)OC)cc3)CC2)CC1. The van der Waals surface area contributed by atoms with E-state index in [-0.39, 0.29) is 0 Å². The van der Waals surface area contributed by atoms with Gasteiger partial charge in [-0.25, -0.2) is 0 Å². The van der Waals surface area contributed by atoms with Crippen molar-refractivity contribution in [3.05, 3.63) is 29.8 Å². The van der Waals surface area contributed by atoms with E-state index >= 15 is 0 Å². The van der Waals surface area contributed by atoms with Crippen molar-refractivity contribution in [3.63, 3.8) is 0 Å². The second-order valence-corrected chi connectivity index (χ2v) is 13.3. The van der Waals surface area contributed by atoms with Gasteiger partial charge >= 0.3 is 8.80 Å². The Labute approximate surface area is 199 Å². The van der Waals surface area contributed by atoms with Crippen molar-refractivity contribution in [2.45, 2.75) is 103 Å². The standard InChI is InChI=1S/C28H48O3Si/c1-5-6-7-8-9-10-23-11-13-24(14-12-23)25-15-17-26(18-16-25)27-19-21-28(22-20-27)32(29-2,30-3)31-4/h19-26H,5-18H2,1-4H3. The Morgan fingerprint density at radius 1 is 0.688 bits per heavy atom. The molecule has 4 heteroatoms. The number of benzene rings is 1. The summed E-state index contributed by atoms with van der Waals surface area (Å²) in [5.74, 6) is 3.73. The summed E-state index contributed by atoms with van der Waals surface area (Å²) in [6.45, 7) is 2.31. The van der Waals surface area contributed by atoms with Gasteiger partial charge in [0.15, 0.2) is 0 Å². The zero-order chi connectivity index (χ0) is 22.8. The smallest absolute Gasteiger partial charge is 0.373 e. The molecule has 0 aromatic heterocycles. The van der Waals surface area contributed by atoms with Gasteiger partial charge in [0.05, 0.1) is 0 Å². The predicted octanol–water partition coefficient (Wildman–Crippen LogP) is 7.21. The largest absolute Gasteiger partial charge is 0.536 e. The van der Waals surface area contributed by atoms with Gasteiger partial charge in [-0.3, -0.25) is 0 Å². The fourth-order valence-electron chi connectivity index (χ4n) is 6.47. The maximum atomic E-state index is 5.63. The summed E-state index contributed by atoms with van der Waals surface area (Å²) in [6.07, 6.45) is 20.2. The van der Waals surface area contributed by atoms with Crippen LogP contribution in [-0.4, -0.2) is 30.1 Å². The molecule has 0 atom stereocenters. The number of hydrogen-bond donors (Lipinski definition) is 0. The molecule has 2 saturated carbocycles. The minimum atomic E-state index is -2.72. The lowest BCUT2D eigenvalue weighted by Gasteiger charge is -2.38. The summed E-state index contributed by atoms with van der Waals surface area (Å²) in [5, 5.41) is 1.05. The Hall–Kier alpha value is -0.683. The Balaban J connectivity index is 1.41. The number of rotatable bonds is 12. The van der Waals surface area contributed by atoms with Gasteiger partial charge in [-0.05, 0) is 67.8 Å². The number of unbranched alkanes of at least 4 members (excludes halogenated alkanes) is 4. The molecule has 0 bridgehead atoms. The first-order valence-electron chi connectivity index (χ1n) is 13.4. The highest BCUT2D eigenvalue weighted by atomic mass is 28.4. The third-order valence-electron chi connectivity index (χ3n) is 8.59. The Kier molecular flexibility index (Phi) is 10.8. The maximum Gasteiger partial charge on any atom is 0.536 e. The maximum absolute atomic E-state index is 5.63. The van der Waals surface area contributed by atoms with Crippen molar-refractivity contribution < 1.29 is 13.3 Å². The van der Waals surface area contributed by atoms with E-state index in [1.54, 1.807) is 21.3 Å². The van der Waals surface area contributed by atoms with Gasteiger partial charge in [0, 0.05) is 26.5 Å². The van der Waals surface area contributed by atoms with Crippen LogP contribution < -0.4 is 5.19 Å². The molecule has 0 radical (unpaired) electrons. The molecule has 0 N–H and O–H groups in total. The molecule has 2 aliphatic carbocycles. The van der Waals surface area contributed by atoms with Gasteiger partial charge < -0.3 is 13.3 Å². The van der Waals surface area contributed by atoms with Crippen LogP contribution in [0.15, 0.2) is 24.3 Å². The van der Waals surface area contributed by atoms with Crippen molar-refractivity contribution >= 4 is 14.0 Å². The monoisotopic (exact) mass is 460 g/mol. The molecule has 0 saturated heterocycles. The van der Waals surface area contributed by atoms with E-state index in [2.05, 4.69) is 31.2 Å². The van der Waals surface area contributed by atoms with Gasteiger partial charge in [0.2, 0.25) is 0 Å². The lowest BCUT2D eigenvalue weighted by molar-refractivity contribution is 0.140. The molecule has 0 aliphatic heterocycles. The molecule has 0 amide bonds. The lowest BCUT2D eigenvalue weighted by atomic mass is 9.68. The van der Waals surface area contributed by atoms with Crippen LogP contribution in [0.4, 0.5) is 0 Å². The van der Waals surface area contributed by atoms with Gasteiger partial charge in [-0.15, -0.1) is 0 Å². The summed E-state index contributed by atoms with van der Waals surface area (Å²) in [4.78, 5) is 0. The average Bonchev–Trinajstić information content (AvgIpc) is 2.86. The van der Waals surface area contributed by atoms with Crippen molar-refractivity contribution in [3.8, 4) is 0 Å². The normalized spacial score (nSPS) is 26.9. The summed E-state index contributed by atoms with van der Waals surface area (Å²) < 4.78 is 16.9. The van der Waals surface area contributed by atoms with Crippen molar-refractivity contribution in [1.29, 1.82) is 0 Å². The fourth-order valence-corrected chi connectivity index (χ4v) is 8.25. The Morgan fingerprint density at radius 3 is 1.75 bits per heavy atom. The fraction of sp³-hybridized carbons (Fsp3) is 0.786. The molecule has 1 aromatic carbocycles. The van der Waals surface area contributed by atoms with Gasteiger partial charge in [0.25, 0.3) is 0 Å². The van der Waals surface area contributed by atoms with Gasteiger partial charge in [-0.1, -0.05) is 82.6 Å². The predicted molar refractivity (Wildman–Crippen MR) is 136 cm³/mol. The molecule has 3 rings (SSSR count). The molecule has 182 valence electrons. The molecule has 0 heterocycles. The van der Waals surface area contributed by atoms with E-state index in [1.807, 2.05) is 0 Å². The van der Waals surface area contributed by atoms with Crippen molar-refractivity contribution in [2.24, 2.45) is 17.8 Å². The molecular formula is C28H48O3Si. The summed E-state index contributed by atoms with van der Waals surface area (Å²) in [6, 6.07) is 8.89. The molecule has 1 aromatic rings. The second kappa shape index (κ2) is 13.3. The zero-order valence-electron chi connectivity index (χ0n) is 21.2. The highest BCUT2D eigenvalue weighted by Gasteiger charge is 2.40.